The minimum absolute atomic E-state index is 0.138. The molecule has 0 bridgehead atoms. The minimum atomic E-state index is -0.304. The molecule has 0 aliphatic heterocycles. The van der Waals surface area contributed by atoms with Crippen molar-refractivity contribution in [2.75, 3.05) is 0 Å². The molecule has 1 aromatic carbocycles. The molecule has 126 valence electrons. The number of furan rings is 1. The Balaban J connectivity index is 1.66. The molecule has 0 radical (unpaired) electrons. The summed E-state index contributed by atoms with van der Waals surface area (Å²) < 4.78 is 8.52. The number of pyridine rings is 1. The van der Waals surface area contributed by atoms with Crippen molar-refractivity contribution in [3.05, 3.63) is 87.5 Å². The van der Waals surface area contributed by atoms with Crippen LogP contribution in [0.2, 0.25) is 0 Å². The molecule has 4 heterocycles. The van der Waals surface area contributed by atoms with Gasteiger partial charge in [0.25, 0.3) is 11.1 Å². The Morgan fingerprint density at radius 2 is 1.88 bits per heavy atom. The van der Waals surface area contributed by atoms with E-state index in [1.807, 2.05) is 18.2 Å². The maximum Gasteiger partial charge on any atom is 0.297 e. The number of para-hydroxylation sites is 1. The van der Waals surface area contributed by atoms with Crippen molar-refractivity contribution in [2.24, 2.45) is 0 Å². The summed E-state index contributed by atoms with van der Waals surface area (Å²) in [5, 5.41) is 0.800. The quantitative estimate of drug-likeness (QED) is 0.490. The molecule has 26 heavy (non-hydrogen) atoms. The van der Waals surface area contributed by atoms with Crippen molar-refractivity contribution in [3.8, 4) is 0 Å². The van der Waals surface area contributed by atoms with Crippen LogP contribution in [0, 0.1) is 0 Å². The molecule has 0 spiro atoms. The summed E-state index contributed by atoms with van der Waals surface area (Å²) in [6.45, 7) is 0.138. The van der Waals surface area contributed by atoms with Crippen LogP contribution in [-0.2, 0) is 6.54 Å². The molecule has 0 N–H and O–H groups in total. The van der Waals surface area contributed by atoms with Gasteiger partial charge in [0, 0.05) is 17.6 Å². The van der Waals surface area contributed by atoms with Crippen LogP contribution in [0.1, 0.15) is 5.69 Å². The van der Waals surface area contributed by atoms with Crippen LogP contribution in [0.15, 0.2) is 75.1 Å². The molecule has 0 fully saturated rings. The van der Waals surface area contributed by atoms with Crippen LogP contribution < -0.4 is 11.1 Å². The molecule has 0 unspecified atom stereocenters. The molecule has 0 saturated heterocycles. The Labute approximate surface area is 145 Å². The van der Waals surface area contributed by atoms with Gasteiger partial charge >= 0.3 is 0 Å². The van der Waals surface area contributed by atoms with Gasteiger partial charge < -0.3 is 4.42 Å². The molecule has 4 aromatic heterocycles. The maximum absolute atomic E-state index is 12.8. The third-order valence-corrected chi connectivity index (χ3v) is 4.31. The predicted molar refractivity (Wildman–Crippen MR) is 96.3 cm³/mol. The Morgan fingerprint density at radius 1 is 1.04 bits per heavy atom. The van der Waals surface area contributed by atoms with Gasteiger partial charge in [-0.15, -0.1) is 0 Å². The van der Waals surface area contributed by atoms with Crippen LogP contribution in [0.3, 0.4) is 0 Å². The van der Waals surface area contributed by atoms with Gasteiger partial charge in [-0.1, -0.05) is 18.2 Å². The average molecular weight is 344 g/mol. The fourth-order valence-electron chi connectivity index (χ4n) is 3.09. The Kier molecular flexibility index (Phi) is 3.02. The summed E-state index contributed by atoms with van der Waals surface area (Å²) in [6.07, 6.45) is 3.11. The second-order valence-electron chi connectivity index (χ2n) is 5.97. The summed E-state index contributed by atoms with van der Waals surface area (Å²) in [7, 11) is 0. The molecule has 0 saturated carbocycles. The van der Waals surface area contributed by atoms with E-state index in [4.69, 9.17) is 4.42 Å². The second-order valence-corrected chi connectivity index (χ2v) is 5.97. The largest absolute Gasteiger partial charge is 0.448 e. The average Bonchev–Trinajstić information content (AvgIpc) is 3.04. The second kappa shape index (κ2) is 5.38. The van der Waals surface area contributed by atoms with Crippen LogP contribution in [-0.4, -0.2) is 18.9 Å². The van der Waals surface area contributed by atoms with Crippen LogP contribution in [0.5, 0.6) is 0 Å². The van der Waals surface area contributed by atoms with E-state index in [1.54, 1.807) is 30.5 Å². The SMILES string of the molecule is O=c1c2oc3ccccc3c2ncn1Cc1cc(=O)n2ccccc2n1. The third-order valence-electron chi connectivity index (χ3n) is 4.31. The zero-order valence-electron chi connectivity index (χ0n) is 13.5. The summed E-state index contributed by atoms with van der Waals surface area (Å²) >= 11 is 0. The van der Waals surface area contributed by atoms with Gasteiger partial charge in [0.1, 0.15) is 16.7 Å². The lowest BCUT2D eigenvalue weighted by Gasteiger charge is -2.06. The van der Waals surface area contributed by atoms with Crippen LogP contribution in [0.25, 0.3) is 27.7 Å². The number of hydrogen-bond donors (Lipinski definition) is 0. The van der Waals surface area contributed by atoms with Gasteiger partial charge in [-0.2, -0.15) is 0 Å². The van der Waals surface area contributed by atoms with Crippen molar-refractivity contribution >= 4 is 27.7 Å². The van der Waals surface area contributed by atoms with E-state index in [0.29, 0.717) is 22.4 Å². The van der Waals surface area contributed by atoms with E-state index in [9.17, 15) is 9.59 Å². The highest BCUT2D eigenvalue weighted by Crippen LogP contribution is 2.24. The normalized spacial score (nSPS) is 11.5. The first-order valence-corrected chi connectivity index (χ1v) is 8.05. The van der Waals surface area contributed by atoms with Gasteiger partial charge in [-0.05, 0) is 24.3 Å². The lowest BCUT2D eigenvalue weighted by Crippen LogP contribution is -2.23. The van der Waals surface area contributed by atoms with E-state index in [-0.39, 0.29) is 23.2 Å². The van der Waals surface area contributed by atoms with Gasteiger partial charge in [0.15, 0.2) is 0 Å². The van der Waals surface area contributed by atoms with E-state index in [1.165, 1.54) is 21.4 Å². The minimum Gasteiger partial charge on any atom is -0.448 e. The number of rotatable bonds is 2. The van der Waals surface area contributed by atoms with Crippen LogP contribution >= 0.6 is 0 Å². The van der Waals surface area contributed by atoms with Gasteiger partial charge in [0.2, 0.25) is 5.58 Å². The highest BCUT2D eigenvalue weighted by Gasteiger charge is 2.13. The maximum atomic E-state index is 12.8. The van der Waals surface area contributed by atoms with E-state index in [0.717, 1.165) is 5.39 Å². The number of aromatic nitrogens is 4. The standard InChI is InChI=1S/C19H12N4O3/c24-16-9-12(21-15-7-3-4-8-23(15)16)10-22-11-20-17-13-5-1-2-6-14(13)26-18(17)19(22)25/h1-9,11H,10H2. The van der Waals surface area contributed by atoms with Crippen molar-refractivity contribution < 1.29 is 4.42 Å². The highest BCUT2D eigenvalue weighted by molar-refractivity contribution is 6.01. The van der Waals surface area contributed by atoms with E-state index < -0.39 is 0 Å². The van der Waals surface area contributed by atoms with Crippen molar-refractivity contribution in [1.29, 1.82) is 0 Å². The molecular weight excluding hydrogens is 332 g/mol. The lowest BCUT2D eigenvalue weighted by atomic mass is 10.2. The first-order chi connectivity index (χ1) is 12.7. The zero-order chi connectivity index (χ0) is 17.7. The molecule has 0 amide bonds. The lowest BCUT2D eigenvalue weighted by molar-refractivity contribution is 0.640. The Hall–Kier alpha value is -3.74. The number of hydrogen-bond acceptors (Lipinski definition) is 5. The summed E-state index contributed by atoms with van der Waals surface area (Å²) in [4.78, 5) is 33.8. The summed E-state index contributed by atoms with van der Waals surface area (Å²) in [6, 6.07) is 14.1. The highest BCUT2D eigenvalue weighted by atomic mass is 16.3. The molecule has 5 rings (SSSR count). The fourth-order valence-corrected chi connectivity index (χ4v) is 3.09. The topological polar surface area (TPSA) is 82.4 Å². The van der Waals surface area contributed by atoms with Crippen LogP contribution in [0.4, 0.5) is 0 Å². The summed E-state index contributed by atoms with van der Waals surface area (Å²) in [5.41, 5.74) is 1.87. The first kappa shape index (κ1) is 14.6. The fraction of sp³-hybridized carbons (Fsp3) is 0.0526. The number of fused-ring (bicyclic) bond motifs is 4. The molecule has 0 aliphatic rings. The van der Waals surface area contributed by atoms with Gasteiger partial charge in [0.05, 0.1) is 18.6 Å². The number of nitrogens with zero attached hydrogens (tertiary/aromatic N) is 4. The number of benzene rings is 1. The molecule has 7 nitrogen and oxygen atoms in total. The van der Waals surface area contributed by atoms with Crippen molar-refractivity contribution in [1.82, 2.24) is 18.9 Å². The molecular formula is C19H12N4O3. The monoisotopic (exact) mass is 344 g/mol. The Morgan fingerprint density at radius 3 is 2.81 bits per heavy atom. The Bertz CT molecular complexity index is 1410. The van der Waals surface area contributed by atoms with E-state index in [2.05, 4.69) is 9.97 Å². The smallest absolute Gasteiger partial charge is 0.297 e. The third kappa shape index (κ3) is 2.14. The van der Waals surface area contributed by atoms with Crippen molar-refractivity contribution in [2.45, 2.75) is 6.54 Å². The molecule has 0 aliphatic carbocycles. The van der Waals surface area contributed by atoms with Crippen molar-refractivity contribution in [3.63, 3.8) is 0 Å². The molecule has 5 aromatic rings. The summed E-state index contributed by atoms with van der Waals surface area (Å²) in [5.74, 6) is 0. The van der Waals surface area contributed by atoms with Gasteiger partial charge in [-0.25, -0.2) is 9.97 Å². The predicted octanol–water partition coefficient (Wildman–Crippen LogP) is 2.20. The molecule has 7 heteroatoms. The van der Waals surface area contributed by atoms with Gasteiger partial charge in [-0.3, -0.25) is 18.6 Å². The molecule has 0 atom stereocenters. The first-order valence-electron chi connectivity index (χ1n) is 8.05. The van der Waals surface area contributed by atoms with E-state index >= 15 is 0 Å². The zero-order valence-corrected chi connectivity index (χ0v) is 13.5.